The van der Waals surface area contributed by atoms with E-state index in [9.17, 15) is 4.79 Å². The Morgan fingerprint density at radius 2 is 2.13 bits per heavy atom. The van der Waals surface area contributed by atoms with E-state index in [4.69, 9.17) is 10.3 Å². The lowest BCUT2D eigenvalue weighted by Gasteiger charge is -2.02. The molecule has 0 aliphatic heterocycles. The number of nitrogens with zero attached hydrogens (tertiary/aromatic N) is 3. The summed E-state index contributed by atoms with van der Waals surface area (Å²) in [5, 5.41) is 3.41. The highest BCUT2D eigenvalue weighted by atomic mass is 16.5. The van der Waals surface area contributed by atoms with Crippen LogP contribution in [0.4, 0.5) is 0 Å². The highest BCUT2D eigenvalue weighted by molar-refractivity contribution is 5.81. The Hall–Kier alpha value is -2.26. The summed E-state index contributed by atoms with van der Waals surface area (Å²) in [6.45, 7) is 0. The number of carbonyl (C=O) groups excluding carboxylic acids is 1. The third kappa shape index (κ3) is 2.86. The largest absolute Gasteiger partial charge is 0.497 e. The molecule has 5 nitrogen and oxygen atoms in total. The Morgan fingerprint density at radius 1 is 1.47 bits per heavy atom. The molecule has 0 aromatic heterocycles. The van der Waals surface area contributed by atoms with Crippen molar-refractivity contribution in [1.82, 2.24) is 0 Å². The highest BCUT2D eigenvalue weighted by Crippen LogP contribution is 2.19. The molecule has 0 amide bonds. The molecule has 0 aliphatic rings. The van der Waals surface area contributed by atoms with Gasteiger partial charge in [0.25, 0.3) is 0 Å². The van der Waals surface area contributed by atoms with Crippen molar-refractivity contribution in [1.29, 1.82) is 0 Å². The van der Waals surface area contributed by atoms with Gasteiger partial charge in [0.15, 0.2) is 0 Å². The van der Waals surface area contributed by atoms with Crippen LogP contribution < -0.4 is 4.74 Å². The molecule has 0 spiro atoms. The van der Waals surface area contributed by atoms with Crippen molar-refractivity contribution >= 4 is 12.0 Å². The molecular formula is C10H9N3O2. The van der Waals surface area contributed by atoms with Crippen LogP contribution in [0.25, 0.3) is 16.1 Å². The van der Waals surface area contributed by atoms with Gasteiger partial charge in [-0.3, -0.25) is 4.79 Å². The molecule has 0 heterocycles. The number of carbonyl (C=O) groups is 1. The molecule has 1 rings (SSSR count). The molecule has 5 heteroatoms. The number of ether oxygens (including phenoxy) is 1. The lowest BCUT2D eigenvalue weighted by molar-refractivity contribution is -0.104. The van der Waals surface area contributed by atoms with Crippen molar-refractivity contribution in [2.75, 3.05) is 7.11 Å². The van der Waals surface area contributed by atoms with Crippen LogP contribution in [0.3, 0.4) is 0 Å². The van der Waals surface area contributed by atoms with Crippen LogP contribution in [-0.2, 0) is 4.79 Å². The van der Waals surface area contributed by atoms with Crippen molar-refractivity contribution in [3.63, 3.8) is 0 Å². The molecule has 1 aromatic carbocycles. The summed E-state index contributed by atoms with van der Waals surface area (Å²) < 4.78 is 4.98. The fourth-order valence-electron chi connectivity index (χ4n) is 1.06. The second kappa shape index (κ2) is 5.47. The van der Waals surface area contributed by atoms with Gasteiger partial charge in [-0.15, -0.1) is 0 Å². The molecule has 15 heavy (non-hydrogen) atoms. The number of benzene rings is 1. The number of allylic oxidation sites excluding steroid dienone is 1. The minimum Gasteiger partial charge on any atom is -0.497 e. The zero-order valence-corrected chi connectivity index (χ0v) is 8.12. The van der Waals surface area contributed by atoms with E-state index < -0.39 is 0 Å². The van der Waals surface area contributed by atoms with Crippen LogP contribution in [0.15, 0.2) is 35.5 Å². The first-order chi connectivity index (χ1) is 7.31. The number of aldehydes is 1. The zero-order chi connectivity index (χ0) is 11.1. The molecule has 0 bridgehead atoms. The van der Waals surface area contributed by atoms with E-state index in [2.05, 4.69) is 10.0 Å². The van der Waals surface area contributed by atoms with Gasteiger partial charge in [-0.1, -0.05) is 17.2 Å². The van der Waals surface area contributed by atoms with E-state index >= 15 is 0 Å². The number of hydrogen-bond donors (Lipinski definition) is 0. The Kier molecular flexibility index (Phi) is 3.94. The Labute approximate surface area is 86.6 Å². The molecule has 0 saturated carbocycles. The third-order valence-electron chi connectivity index (χ3n) is 1.76. The van der Waals surface area contributed by atoms with Crippen LogP contribution in [0.5, 0.6) is 5.75 Å². The number of methoxy groups -OCH3 is 1. The fourth-order valence-corrected chi connectivity index (χ4v) is 1.06. The van der Waals surface area contributed by atoms with E-state index in [1.165, 1.54) is 6.08 Å². The Balaban J connectivity index is 3.07. The van der Waals surface area contributed by atoms with Gasteiger partial charge in [0.05, 0.1) is 7.11 Å². The van der Waals surface area contributed by atoms with Crippen LogP contribution in [0.2, 0.25) is 0 Å². The lowest BCUT2D eigenvalue weighted by atomic mass is 10.1. The molecule has 0 aliphatic carbocycles. The summed E-state index contributed by atoms with van der Waals surface area (Å²) in [7, 11) is 1.56. The normalized spacial score (nSPS) is 10.3. The summed E-state index contributed by atoms with van der Waals surface area (Å²) in [4.78, 5) is 12.9. The van der Waals surface area contributed by atoms with Crippen molar-refractivity contribution in [2.24, 2.45) is 5.11 Å². The van der Waals surface area contributed by atoms with Crippen LogP contribution in [0.1, 0.15) is 5.56 Å². The number of azide groups is 1. The van der Waals surface area contributed by atoms with E-state index in [1.807, 2.05) is 0 Å². The smallest absolute Gasteiger partial charge is 0.143 e. The van der Waals surface area contributed by atoms with Crippen molar-refractivity contribution in [3.05, 3.63) is 46.3 Å². The Bertz CT molecular complexity index is 417. The summed E-state index contributed by atoms with van der Waals surface area (Å²) in [6, 6.07) is 6.87. The summed E-state index contributed by atoms with van der Waals surface area (Å²) in [6.07, 6.45) is 1.79. The van der Waals surface area contributed by atoms with Crippen molar-refractivity contribution in [2.45, 2.75) is 0 Å². The number of hydrogen-bond acceptors (Lipinski definition) is 3. The topological polar surface area (TPSA) is 75.1 Å². The average Bonchev–Trinajstić information content (AvgIpc) is 2.29. The first-order valence-corrected chi connectivity index (χ1v) is 4.17. The van der Waals surface area contributed by atoms with Crippen molar-refractivity contribution in [3.8, 4) is 5.75 Å². The van der Waals surface area contributed by atoms with Crippen LogP contribution in [-0.4, -0.2) is 13.4 Å². The molecule has 0 radical (unpaired) electrons. The summed E-state index contributed by atoms with van der Waals surface area (Å²) in [5.74, 6) is 0.699. The van der Waals surface area contributed by atoms with Gasteiger partial charge in [0.2, 0.25) is 0 Å². The second-order valence-electron chi connectivity index (χ2n) is 2.61. The molecule has 0 saturated heterocycles. The van der Waals surface area contributed by atoms with Gasteiger partial charge >= 0.3 is 0 Å². The fraction of sp³-hybridized carbons (Fsp3) is 0.100. The van der Waals surface area contributed by atoms with Crippen LogP contribution in [0, 0.1) is 0 Å². The van der Waals surface area contributed by atoms with Gasteiger partial charge in [0, 0.05) is 10.6 Å². The van der Waals surface area contributed by atoms with Crippen molar-refractivity contribution < 1.29 is 9.53 Å². The predicted molar refractivity (Wildman–Crippen MR) is 56.2 cm³/mol. The molecule has 0 atom stereocenters. The Morgan fingerprint density at radius 3 is 2.60 bits per heavy atom. The second-order valence-corrected chi connectivity index (χ2v) is 2.61. The zero-order valence-electron chi connectivity index (χ0n) is 8.12. The van der Waals surface area contributed by atoms with Gasteiger partial charge in [-0.2, -0.15) is 0 Å². The van der Waals surface area contributed by atoms with E-state index in [0.29, 0.717) is 17.6 Å². The van der Waals surface area contributed by atoms with Crippen LogP contribution >= 0.6 is 0 Å². The molecule has 76 valence electrons. The minimum absolute atomic E-state index is 0.287. The molecule has 0 N–H and O–H groups in total. The molecule has 0 unspecified atom stereocenters. The van der Waals surface area contributed by atoms with Gasteiger partial charge in [-0.25, -0.2) is 0 Å². The maximum atomic E-state index is 10.3. The lowest BCUT2D eigenvalue weighted by Crippen LogP contribution is -1.84. The average molecular weight is 203 g/mol. The van der Waals surface area contributed by atoms with E-state index in [-0.39, 0.29) is 5.70 Å². The summed E-state index contributed by atoms with van der Waals surface area (Å²) >= 11 is 0. The molecule has 0 fully saturated rings. The SMILES string of the molecule is COc1ccc(/C(=C/C=O)N=[N+]=[N-])cc1. The molecule has 1 aromatic rings. The van der Waals surface area contributed by atoms with E-state index in [0.717, 1.165) is 0 Å². The van der Waals surface area contributed by atoms with Gasteiger partial charge in [-0.05, 0) is 29.3 Å². The molecular weight excluding hydrogens is 194 g/mol. The maximum absolute atomic E-state index is 10.3. The predicted octanol–water partition coefficient (Wildman–Crippen LogP) is 2.55. The quantitative estimate of drug-likeness (QED) is 0.248. The standard InChI is InChI=1S/C10H9N3O2/c1-15-9-4-2-8(3-5-9)10(6-7-14)12-13-11/h2-7H,1H3/b10-6-. The van der Waals surface area contributed by atoms with Gasteiger partial charge < -0.3 is 4.74 Å². The summed E-state index contributed by atoms with van der Waals surface area (Å²) in [5.41, 5.74) is 9.26. The van der Waals surface area contributed by atoms with E-state index in [1.54, 1.807) is 31.4 Å². The van der Waals surface area contributed by atoms with Gasteiger partial charge in [0.1, 0.15) is 12.0 Å². The third-order valence-corrected chi connectivity index (χ3v) is 1.76. The highest BCUT2D eigenvalue weighted by Gasteiger charge is 1.98. The number of rotatable bonds is 4. The monoisotopic (exact) mass is 203 g/mol. The first kappa shape index (κ1) is 10.8. The maximum Gasteiger partial charge on any atom is 0.143 e. The first-order valence-electron chi connectivity index (χ1n) is 4.17. The minimum atomic E-state index is 0.287.